The van der Waals surface area contributed by atoms with Gasteiger partial charge >= 0.3 is 0 Å². The Labute approximate surface area is 278 Å². The minimum Gasteiger partial charge on any atom is -0.378 e. The number of anilines is 3. The number of benzene rings is 3. The average molecular weight is 690 g/mol. The van der Waals surface area contributed by atoms with E-state index in [4.69, 9.17) is 21.3 Å². The topological polar surface area (TPSA) is 131 Å². The molecule has 1 fully saturated rings. The standard InChI is InChI=1S/C33H26ClF2N7O4S/c1-19-22(34)6-4-8-27(19)48(45,46)41-24-10-9-23(35)30(29(24)36)40-32-31-25(37-18-38-32)11-12-28(39-31)43-17-21(20-5-2-3-7-26(20)43)33(44)42-13-15-47-16-14-42/h2-12,17-18,41H,13-16H2,1H3,(H,37,38,40). The summed E-state index contributed by atoms with van der Waals surface area (Å²) in [4.78, 5) is 28.3. The van der Waals surface area contributed by atoms with Gasteiger partial charge in [-0.25, -0.2) is 32.2 Å². The van der Waals surface area contributed by atoms with Crippen molar-refractivity contribution in [1.82, 2.24) is 24.4 Å². The third-order valence-corrected chi connectivity index (χ3v) is 9.96. The van der Waals surface area contributed by atoms with Crippen LogP contribution in [-0.4, -0.2) is 65.0 Å². The van der Waals surface area contributed by atoms with Crippen LogP contribution in [0.2, 0.25) is 5.02 Å². The quantitative estimate of drug-likeness (QED) is 0.202. The number of carbonyl (C=O) groups excluding carboxylic acids is 1. The van der Waals surface area contributed by atoms with Crippen LogP contribution in [0.4, 0.5) is 26.0 Å². The molecule has 1 aliphatic heterocycles. The molecule has 244 valence electrons. The van der Waals surface area contributed by atoms with E-state index in [0.717, 1.165) is 23.0 Å². The first-order valence-electron chi connectivity index (χ1n) is 14.7. The highest BCUT2D eigenvalue weighted by Crippen LogP contribution is 2.33. The van der Waals surface area contributed by atoms with Crippen molar-refractivity contribution in [2.75, 3.05) is 36.3 Å². The molecule has 1 aliphatic rings. The van der Waals surface area contributed by atoms with E-state index in [1.54, 1.807) is 27.8 Å². The molecule has 0 atom stereocenters. The van der Waals surface area contributed by atoms with Gasteiger partial charge in [0.25, 0.3) is 15.9 Å². The highest BCUT2D eigenvalue weighted by atomic mass is 35.5. The molecule has 3 aromatic carbocycles. The Balaban J connectivity index is 1.26. The van der Waals surface area contributed by atoms with E-state index >= 15 is 8.78 Å². The van der Waals surface area contributed by atoms with Gasteiger partial charge in [-0.05, 0) is 55.0 Å². The van der Waals surface area contributed by atoms with Gasteiger partial charge in [-0.15, -0.1) is 0 Å². The minimum atomic E-state index is -4.29. The minimum absolute atomic E-state index is 0.0357. The van der Waals surface area contributed by atoms with Crippen molar-refractivity contribution >= 4 is 66.7 Å². The van der Waals surface area contributed by atoms with Gasteiger partial charge in [0.15, 0.2) is 11.6 Å². The first-order valence-corrected chi connectivity index (χ1v) is 16.6. The normalized spacial score (nSPS) is 13.6. The fourth-order valence-corrected chi connectivity index (χ4v) is 7.13. The summed E-state index contributed by atoms with van der Waals surface area (Å²) < 4.78 is 66.6. The van der Waals surface area contributed by atoms with E-state index in [9.17, 15) is 13.2 Å². The van der Waals surface area contributed by atoms with Gasteiger partial charge in [0, 0.05) is 29.7 Å². The van der Waals surface area contributed by atoms with Gasteiger partial charge in [0.2, 0.25) is 0 Å². The lowest BCUT2D eigenvalue weighted by Gasteiger charge is -2.26. The number of halogens is 3. The Morgan fingerprint density at radius 2 is 1.77 bits per heavy atom. The zero-order valence-electron chi connectivity index (χ0n) is 25.2. The van der Waals surface area contributed by atoms with Crippen molar-refractivity contribution in [1.29, 1.82) is 0 Å². The van der Waals surface area contributed by atoms with Crippen LogP contribution in [0.25, 0.3) is 27.8 Å². The molecule has 0 aliphatic carbocycles. The van der Waals surface area contributed by atoms with E-state index in [1.165, 1.54) is 31.5 Å². The van der Waals surface area contributed by atoms with E-state index in [-0.39, 0.29) is 32.7 Å². The summed E-state index contributed by atoms with van der Waals surface area (Å²) in [5.74, 6) is -1.97. The summed E-state index contributed by atoms with van der Waals surface area (Å²) in [6.45, 7) is 3.41. The number of hydrogen-bond acceptors (Lipinski definition) is 8. The summed E-state index contributed by atoms with van der Waals surface area (Å²) in [7, 11) is -4.29. The number of para-hydroxylation sites is 1. The van der Waals surface area contributed by atoms with Gasteiger partial charge in [0.05, 0.1) is 40.4 Å². The number of nitrogens with zero attached hydrogens (tertiary/aromatic N) is 5. The molecule has 15 heteroatoms. The van der Waals surface area contributed by atoms with Crippen molar-refractivity contribution in [2.45, 2.75) is 11.8 Å². The lowest BCUT2D eigenvalue weighted by Crippen LogP contribution is -2.40. The Morgan fingerprint density at radius 1 is 0.979 bits per heavy atom. The number of fused-ring (bicyclic) bond motifs is 2. The lowest BCUT2D eigenvalue weighted by atomic mass is 10.1. The number of amides is 1. The first kappa shape index (κ1) is 31.4. The fraction of sp³-hybridized carbons (Fsp3) is 0.152. The summed E-state index contributed by atoms with van der Waals surface area (Å²) >= 11 is 6.10. The average Bonchev–Trinajstić information content (AvgIpc) is 3.48. The molecule has 6 aromatic rings. The predicted octanol–water partition coefficient (Wildman–Crippen LogP) is 6.23. The molecule has 4 heterocycles. The van der Waals surface area contributed by atoms with Crippen LogP contribution in [-0.2, 0) is 14.8 Å². The maximum atomic E-state index is 15.8. The molecule has 3 aromatic heterocycles. The van der Waals surface area contributed by atoms with Crippen molar-refractivity contribution in [3.05, 3.63) is 107 Å². The number of rotatable bonds is 7. The summed E-state index contributed by atoms with van der Waals surface area (Å²) in [6, 6.07) is 17.0. The zero-order chi connectivity index (χ0) is 33.6. The first-order chi connectivity index (χ1) is 23.1. The van der Waals surface area contributed by atoms with Crippen LogP contribution in [0.1, 0.15) is 15.9 Å². The maximum absolute atomic E-state index is 15.8. The van der Waals surface area contributed by atoms with Gasteiger partial charge in [-0.2, -0.15) is 0 Å². The van der Waals surface area contributed by atoms with E-state index in [2.05, 4.69) is 20.0 Å². The van der Waals surface area contributed by atoms with Crippen molar-refractivity contribution in [3.63, 3.8) is 0 Å². The molecule has 48 heavy (non-hydrogen) atoms. The van der Waals surface area contributed by atoms with Gasteiger partial charge in [-0.1, -0.05) is 35.9 Å². The maximum Gasteiger partial charge on any atom is 0.262 e. The number of ether oxygens (including phenoxy) is 1. The summed E-state index contributed by atoms with van der Waals surface area (Å²) in [5, 5.41) is 3.60. The number of carbonyl (C=O) groups is 1. The van der Waals surface area contributed by atoms with Crippen LogP contribution in [0.5, 0.6) is 0 Å². The molecule has 0 saturated carbocycles. The predicted molar refractivity (Wildman–Crippen MR) is 178 cm³/mol. The van der Waals surface area contributed by atoms with E-state index in [0.29, 0.717) is 43.2 Å². The fourth-order valence-electron chi connectivity index (χ4n) is 5.57. The highest BCUT2D eigenvalue weighted by molar-refractivity contribution is 7.92. The summed E-state index contributed by atoms with van der Waals surface area (Å²) in [6.07, 6.45) is 2.92. The van der Waals surface area contributed by atoms with E-state index < -0.39 is 33.0 Å². The second-order valence-electron chi connectivity index (χ2n) is 11.0. The highest BCUT2D eigenvalue weighted by Gasteiger charge is 2.25. The molecule has 2 N–H and O–H groups in total. The Bertz CT molecular complexity index is 2350. The molecule has 1 saturated heterocycles. The number of sulfonamides is 1. The van der Waals surface area contributed by atoms with Crippen molar-refractivity contribution in [2.24, 2.45) is 0 Å². The number of pyridine rings is 1. The zero-order valence-corrected chi connectivity index (χ0v) is 26.8. The molecule has 1 amide bonds. The van der Waals surface area contributed by atoms with Crippen molar-refractivity contribution < 1.29 is 26.7 Å². The molecule has 11 nitrogen and oxygen atoms in total. The van der Waals surface area contributed by atoms with Gasteiger partial charge < -0.3 is 19.5 Å². The third-order valence-electron chi connectivity index (χ3n) is 8.04. The van der Waals surface area contributed by atoms with Crippen LogP contribution in [0, 0.1) is 18.6 Å². The smallest absolute Gasteiger partial charge is 0.262 e. The molecular formula is C33H26ClF2N7O4S. The largest absolute Gasteiger partial charge is 0.378 e. The van der Waals surface area contributed by atoms with Crippen LogP contribution in [0.15, 0.2) is 84.1 Å². The number of aromatic nitrogens is 4. The lowest BCUT2D eigenvalue weighted by molar-refractivity contribution is 0.0304. The monoisotopic (exact) mass is 689 g/mol. The Kier molecular flexibility index (Phi) is 8.15. The SMILES string of the molecule is Cc1c(Cl)cccc1S(=O)(=O)Nc1ccc(F)c(Nc2ncnc3ccc(-n4cc(C(=O)N5CCOCC5)c5ccccc54)nc23)c1F. The second-order valence-corrected chi connectivity index (χ2v) is 13.0. The van der Waals surface area contributed by atoms with Crippen molar-refractivity contribution in [3.8, 4) is 5.82 Å². The van der Waals surface area contributed by atoms with Crippen LogP contribution < -0.4 is 10.0 Å². The van der Waals surface area contributed by atoms with Gasteiger partial charge in [-0.3, -0.25) is 9.52 Å². The van der Waals surface area contributed by atoms with Crippen LogP contribution >= 0.6 is 11.6 Å². The number of hydrogen-bond donors (Lipinski definition) is 2. The molecular weight excluding hydrogens is 664 g/mol. The number of morpholine rings is 1. The second kappa shape index (κ2) is 12.4. The molecule has 0 bridgehead atoms. The molecule has 0 radical (unpaired) electrons. The molecule has 0 spiro atoms. The summed E-state index contributed by atoms with van der Waals surface area (Å²) in [5.41, 5.74) is 0.874. The Hall–Kier alpha value is -5.18. The number of nitrogens with one attached hydrogen (secondary N) is 2. The molecule has 0 unspecified atom stereocenters. The Morgan fingerprint density at radius 3 is 2.58 bits per heavy atom. The van der Waals surface area contributed by atoms with Gasteiger partial charge in [0.1, 0.15) is 29.2 Å². The molecule has 7 rings (SSSR count). The van der Waals surface area contributed by atoms with E-state index in [1.807, 2.05) is 24.3 Å². The van der Waals surface area contributed by atoms with Crippen LogP contribution in [0.3, 0.4) is 0 Å². The third kappa shape index (κ3) is 5.67.